The zero-order chi connectivity index (χ0) is 14.6. The lowest BCUT2D eigenvalue weighted by Gasteiger charge is -2.40. The number of aliphatic carboxylic acids is 1. The fourth-order valence-electron chi connectivity index (χ4n) is 2.37. The van der Waals surface area contributed by atoms with Crippen LogP contribution in [0.4, 0.5) is 5.82 Å². The van der Waals surface area contributed by atoms with Crippen LogP contribution in [-0.4, -0.2) is 40.8 Å². The van der Waals surface area contributed by atoms with Gasteiger partial charge in [0.15, 0.2) is 5.69 Å². The molecule has 1 fully saturated rings. The van der Waals surface area contributed by atoms with Gasteiger partial charge in [0.2, 0.25) is 0 Å². The highest BCUT2D eigenvalue weighted by Gasteiger charge is 2.38. The van der Waals surface area contributed by atoms with Crippen LogP contribution < -0.4 is 10.6 Å². The Balaban J connectivity index is 1.93. The van der Waals surface area contributed by atoms with Crippen LogP contribution in [-0.2, 0) is 4.79 Å². The van der Waals surface area contributed by atoms with E-state index in [2.05, 4.69) is 20.8 Å². The average molecular weight is 278 g/mol. The molecule has 1 saturated carbocycles. The van der Waals surface area contributed by atoms with Crippen LogP contribution >= 0.6 is 0 Å². The van der Waals surface area contributed by atoms with Crippen LogP contribution in [0.25, 0.3) is 0 Å². The van der Waals surface area contributed by atoms with Gasteiger partial charge >= 0.3 is 5.97 Å². The number of hydrogen-bond donors (Lipinski definition) is 3. The summed E-state index contributed by atoms with van der Waals surface area (Å²) in [6.07, 6.45) is 3.06. The normalized spacial score (nSPS) is 16.1. The number of aromatic nitrogens is 2. The minimum Gasteiger partial charge on any atom is -0.481 e. The average Bonchev–Trinajstić information content (AvgIpc) is 2.41. The SMILES string of the molecule is CNC(=O)c1ccc(NCC2(CC(=O)O)CCC2)nn1. The summed E-state index contributed by atoms with van der Waals surface area (Å²) in [5, 5.41) is 22.2. The molecular formula is C13H18N4O3. The van der Waals surface area contributed by atoms with Gasteiger partial charge in [0.05, 0.1) is 6.42 Å². The molecule has 1 aliphatic rings. The van der Waals surface area contributed by atoms with E-state index in [0.717, 1.165) is 19.3 Å². The molecule has 108 valence electrons. The van der Waals surface area contributed by atoms with Crippen LogP contribution in [0, 0.1) is 5.41 Å². The van der Waals surface area contributed by atoms with Gasteiger partial charge in [0.25, 0.3) is 5.91 Å². The highest BCUT2D eigenvalue weighted by molar-refractivity contribution is 5.91. The number of amides is 1. The number of rotatable bonds is 6. The van der Waals surface area contributed by atoms with Gasteiger partial charge in [-0.1, -0.05) is 6.42 Å². The Morgan fingerprint density at radius 1 is 1.35 bits per heavy atom. The van der Waals surface area contributed by atoms with Crippen molar-refractivity contribution in [1.82, 2.24) is 15.5 Å². The fourth-order valence-corrected chi connectivity index (χ4v) is 2.37. The molecule has 3 N–H and O–H groups in total. The van der Waals surface area contributed by atoms with E-state index in [1.165, 1.54) is 7.05 Å². The Hall–Kier alpha value is -2.18. The van der Waals surface area contributed by atoms with Gasteiger partial charge in [0.1, 0.15) is 5.82 Å². The number of carboxylic acid groups (broad SMARTS) is 1. The smallest absolute Gasteiger partial charge is 0.303 e. The highest BCUT2D eigenvalue weighted by Crippen LogP contribution is 2.43. The van der Waals surface area contributed by atoms with Crippen LogP contribution in [0.3, 0.4) is 0 Å². The van der Waals surface area contributed by atoms with Gasteiger partial charge in [0, 0.05) is 13.6 Å². The molecule has 0 atom stereocenters. The van der Waals surface area contributed by atoms with Gasteiger partial charge in [-0.25, -0.2) is 0 Å². The summed E-state index contributed by atoms with van der Waals surface area (Å²) in [4.78, 5) is 22.2. The maximum Gasteiger partial charge on any atom is 0.303 e. The summed E-state index contributed by atoms with van der Waals surface area (Å²) < 4.78 is 0. The van der Waals surface area contributed by atoms with Crippen molar-refractivity contribution in [1.29, 1.82) is 0 Å². The number of anilines is 1. The van der Waals surface area contributed by atoms with E-state index in [-0.39, 0.29) is 23.4 Å². The molecule has 1 aromatic rings. The van der Waals surface area contributed by atoms with Crippen molar-refractivity contribution in [2.75, 3.05) is 18.9 Å². The second kappa shape index (κ2) is 5.85. The predicted octanol–water partition coefficient (Wildman–Crippen LogP) is 0.893. The third-order valence-electron chi connectivity index (χ3n) is 3.71. The van der Waals surface area contributed by atoms with Gasteiger partial charge in [-0.05, 0) is 30.4 Å². The number of hydrogen-bond acceptors (Lipinski definition) is 5. The molecule has 1 heterocycles. The second-order valence-corrected chi connectivity index (χ2v) is 5.16. The van der Waals surface area contributed by atoms with Crippen molar-refractivity contribution in [2.45, 2.75) is 25.7 Å². The molecule has 0 unspecified atom stereocenters. The molecule has 0 aromatic carbocycles. The van der Waals surface area contributed by atoms with E-state index in [0.29, 0.717) is 12.4 Å². The molecule has 0 radical (unpaired) electrons. The zero-order valence-corrected chi connectivity index (χ0v) is 11.3. The first-order chi connectivity index (χ1) is 9.54. The monoisotopic (exact) mass is 278 g/mol. The van der Waals surface area contributed by atoms with E-state index in [9.17, 15) is 9.59 Å². The molecule has 2 rings (SSSR count). The Morgan fingerprint density at radius 3 is 2.55 bits per heavy atom. The van der Waals surface area contributed by atoms with Gasteiger partial charge in [-0.2, -0.15) is 0 Å². The molecule has 7 heteroatoms. The Labute approximate surface area is 116 Å². The third-order valence-corrected chi connectivity index (χ3v) is 3.71. The first-order valence-electron chi connectivity index (χ1n) is 6.56. The first kappa shape index (κ1) is 14.2. The summed E-state index contributed by atoms with van der Waals surface area (Å²) in [5.41, 5.74) is 0.0782. The van der Waals surface area contributed by atoms with Crippen molar-refractivity contribution >= 4 is 17.7 Å². The topological polar surface area (TPSA) is 104 Å². The van der Waals surface area contributed by atoms with Crippen molar-refractivity contribution in [3.8, 4) is 0 Å². The molecule has 1 aliphatic carbocycles. The standard InChI is InChI=1S/C13H18N4O3/c1-14-12(20)9-3-4-10(17-16-9)15-8-13(5-2-6-13)7-11(18)19/h3-4H,2,5-8H2,1H3,(H,14,20)(H,15,17)(H,18,19). The van der Waals surface area contributed by atoms with E-state index in [1.54, 1.807) is 12.1 Å². The largest absolute Gasteiger partial charge is 0.481 e. The quantitative estimate of drug-likeness (QED) is 0.714. The van der Waals surface area contributed by atoms with Crippen molar-refractivity contribution < 1.29 is 14.7 Å². The lowest BCUT2D eigenvalue weighted by Crippen LogP contribution is -2.38. The molecule has 7 nitrogen and oxygen atoms in total. The van der Waals surface area contributed by atoms with Gasteiger partial charge in [-0.15, -0.1) is 10.2 Å². The van der Waals surface area contributed by atoms with Crippen molar-refractivity contribution in [3.63, 3.8) is 0 Å². The molecule has 1 amide bonds. The molecule has 0 bridgehead atoms. The fraction of sp³-hybridized carbons (Fsp3) is 0.538. The van der Waals surface area contributed by atoms with Crippen LogP contribution in [0.2, 0.25) is 0 Å². The van der Waals surface area contributed by atoms with E-state index in [4.69, 9.17) is 5.11 Å². The van der Waals surface area contributed by atoms with Crippen LogP contribution in [0.5, 0.6) is 0 Å². The lowest BCUT2D eigenvalue weighted by molar-refractivity contribution is -0.141. The Morgan fingerprint density at radius 2 is 2.10 bits per heavy atom. The summed E-state index contributed by atoms with van der Waals surface area (Å²) in [6, 6.07) is 3.25. The Kier molecular flexibility index (Phi) is 4.16. The zero-order valence-electron chi connectivity index (χ0n) is 11.3. The van der Waals surface area contributed by atoms with Crippen LogP contribution in [0.15, 0.2) is 12.1 Å². The molecule has 1 aromatic heterocycles. The van der Waals surface area contributed by atoms with E-state index < -0.39 is 5.97 Å². The van der Waals surface area contributed by atoms with Gasteiger partial charge in [-0.3, -0.25) is 9.59 Å². The minimum atomic E-state index is -0.771. The van der Waals surface area contributed by atoms with Crippen molar-refractivity contribution in [3.05, 3.63) is 17.8 Å². The summed E-state index contributed by atoms with van der Waals surface area (Å²) in [6.45, 7) is 0.563. The molecular weight excluding hydrogens is 260 g/mol. The lowest BCUT2D eigenvalue weighted by atomic mass is 9.66. The third kappa shape index (κ3) is 3.23. The molecule has 0 aliphatic heterocycles. The van der Waals surface area contributed by atoms with Crippen molar-refractivity contribution in [2.24, 2.45) is 5.41 Å². The van der Waals surface area contributed by atoms with E-state index in [1.807, 2.05) is 0 Å². The molecule has 0 spiro atoms. The Bertz CT molecular complexity index is 497. The molecule has 0 saturated heterocycles. The van der Waals surface area contributed by atoms with Crippen LogP contribution in [0.1, 0.15) is 36.2 Å². The summed E-state index contributed by atoms with van der Waals surface area (Å²) in [5.74, 6) is -0.507. The number of carbonyl (C=O) groups excluding carboxylic acids is 1. The first-order valence-corrected chi connectivity index (χ1v) is 6.56. The van der Waals surface area contributed by atoms with Gasteiger partial charge < -0.3 is 15.7 Å². The number of carbonyl (C=O) groups is 2. The number of nitrogens with zero attached hydrogens (tertiary/aromatic N) is 2. The molecule has 20 heavy (non-hydrogen) atoms. The maximum atomic E-state index is 11.3. The minimum absolute atomic E-state index is 0.170. The number of carboxylic acids is 1. The predicted molar refractivity (Wildman–Crippen MR) is 72.4 cm³/mol. The maximum absolute atomic E-state index is 11.3. The highest BCUT2D eigenvalue weighted by atomic mass is 16.4. The summed E-state index contributed by atoms with van der Waals surface area (Å²) >= 11 is 0. The summed E-state index contributed by atoms with van der Waals surface area (Å²) in [7, 11) is 1.53. The second-order valence-electron chi connectivity index (χ2n) is 5.16. The van der Waals surface area contributed by atoms with E-state index >= 15 is 0 Å². The number of nitrogens with one attached hydrogen (secondary N) is 2.